The van der Waals surface area contributed by atoms with Crippen LogP contribution in [0.25, 0.3) is 32.8 Å². The van der Waals surface area contributed by atoms with Crippen LogP contribution in [0.3, 0.4) is 0 Å². The van der Waals surface area contributed by atoms with E-state index in [0.29, 0.717) is 27.4 Å². The smallest absolute Gasteiger partial charge is 0.160 e. The number of hydrogen-bond acceptors (Lipinski definition) is 5. The molecule has 7 heteroatoms. The molecule has 0 spiro atoms. The minimum Gasteiger partial charge on any atom is -0.496 e. The summed E-state index contributed by atoms with van der Waals surface area (Å²) in [5.74, 6) is 0.182. The summed E-state index contributed by atoms with van der Waals surface area (Å²) in [5, 5.41) is 7.33. The molecule has 3 aromatic carbocycles. The fraction of sp³-hybridized carbons (Fsp3) is 0.227. The summed E-state index contributed by atoms with van der Waals surface area (Å²) in [5.41, 5.74) is 1.36. The molecule has 148 valence electrons. The number of nitrogens with zero attached hydrogens (tertiary/aromatic N) is 2. The highest BCUT2D eigenvalue weighted by Crippen LogP contribution is 2.45. The van der Waals surface area contributed by atoms with Gasteiger partial charge in [-0.3, -0.25) is 0 Å². The Kier molecular flexibility index (Phi) is 4.78. The number of benzene rings is 3. The summed E-state index contributed by atoms with van der Waals surface area (Å²) in [4.78, 5) is 2.24. The maximum atomic E-state index is 15.8. The van der Waals surface area contributed by atoms with Crippen molar-refractivity contribution in [3.05, 3.63) is 53.3 Å². The van der Waals surface area contributed by atoms with Crippen LogP contribution in [0.2, 0.25) is 5.02 Å². The van der Waals surface area contributed by atoms with Crippen LogP contribution >= 0.6 is 23.1 Å². The van der Waals surface area contributed by atoms with Gasteiger partial charge < -0.3 is 15.0 Å². The molecule has 4 nitrogen and oxygen atoms in total. The van der Waals surface area contributed by atoms with Crippen molar-refractivity contribution < 1.29 is 9.13 Å². The number of anilines is 1. The monoisotopic (exact) mass is 427 g/mol. The van der Waals surface area contributed by atoms with Crippen LogP contribution in [0.15, 0.2) is 42.5 Å². The van der Waals surface area contributed by atoms with Crippen molar-refractivity contribution in [3.63, 3.8) is 0 Å². The Morgan fingerprint density at radius 1 is 1.10 bits per heavy atom. The quantitative estimate of drug-likeness (QED) is 0.479. The number of aromatic nitrogens is 1. The first-order valence-corrected chi connectivity index (χ1v) is 10.6. The SMILES string of the molecule is COc1ccc2ccccc2c1-c1c(Cl)cc2c(N3CCNCC3)snc2c1F. The van der Waals surface area contributed by atoms with Crippen LogP contribution in [-0.2, 0) is 0 Å². The molecule has 1 aliphatic heterocycles. The van der Waals surface area contributed by atoms with Crippen LogP contribution in [-0.4, -0.2) is 37.7 Å². The van der Waals surface area contributed by atoms with E-state index in [-0.39, 0.29) is 0 Å². The summed E-state index contributed by atoms with van der Waals surface area (Å²) >= 11 is 8.02. The maximum Gasteiger partial charge on any atom is 0.160 e. The van der Waals surface area contributed by atoms with Crippen molar-refractivity contribution >= 4 is 49.8 Å². The zero-order valence-corrected chi connectivity index (χ0v) is 17.4. The van der Waals surface area contributed by atoms with E-state index in [1.807, 2.05) is 42.5 Å². The van der Waals surface area contributed by atoms with E-state index in [1.54, 1.807) is 7.11 Å². The van der Waals surface area contributed by atoms with E-state index in [2.05, 4.69) is 14.6 Å². The fourth-order valence-corrected chi connectivity index (χ4v) is 5.20. The minimum absolute atomic E-state index is 0.338. The molecule has 1 saturated heterocycles. The molecule has 1 aliphatic rings. The van der Waals surface area contributed by atoms with Gasteiger partial charge in [0.2, 0.25) is 0 Å². The largest absolute Gasteiger partial charge is 0.496 e. The Balaban J connectivity index is 1.76. The summed E-state index contributed by atoms with van der Waals surface area (Å²) < 4.78 is 25.8. The van der Waals surface area contributed by atoms with E-state index < -0.39 is 5.82 Å². The molecule has 1 N–H and O–H groups in total. The molecular formula is C22H19ClFN3OS. The van der Waals surface area contributed by atoms with E-state index >= 15 is 4.39 Å². The number of piperazine rings is 1. The first-order valence-electron chi connectivity index (χ1n) is 9.48. The van der Waals surface area contributed by atoms with Crippen molar-refractivity contribution in [1.82, 2.24) is 9.69 Å². The van der Waals surface area contributed by atoms with Crippen molar-refractivity contribution in [1.29, 1.82) is 0 Å². The third kappa shape index (κ3) is 3.03. The Labute approximate surface area is 177 Å². The van der Waals surface area contributed by atoms with Gasteiger partial charge in [0.1, 0.15) is 16.3 Å². The van der Waals surface area contributed by atoms with Crippen LogP contribution in [0.1, 0.15) is 0 Å². The zero-order chi connectivity index (χ0) is 20.0. The number of ether oxygens (including phenoxy) is 1. The summed E-state index contributed by atoms with van der Waals surface area (Å²) in [6, 6.07) is 13.5. The summed E-state index contributed by atoms with van der Waals surface area (Å²) in [6.07, 6.45) is 0. The fourth-order valence-electron chi connectivity index (χ4n) is 4.00. The summed E-state index contributed by atoms with van der Waals surface area (Å²) in [6.45, 7) is 3.55. The molecule has 29 heavy (non-hydrogen) atoms. The highest BCUT2D eigenvalue weighted by molar-refractivity contribution is 7.11. The average molecular weight is 428 g/mol. The second-order valence-corrected chi connectivity index (χ2v) is 8.19. The molecule has 0 saturated carbocycles. The first kappa shape index (κ1) is 18.6. The Morgan fingerprint density at radius 2 is 1.90 bits per heavy atom. The lowest BCUT2D eigenvalue weighted by Crippen LogP contribution is -2.43. The second kappa shape index (κ2) is 7.44. The topological polar surface area (TPSA) is 37.4 Å². The van der Waals surface area contributed by atoms with E-state index in [4.69, 9.17) is 16.3 Å². The van der Waals surface area contributed by atoms with Gasteiger partial charge >= 0.3 is 0 Å². The minimum atomic E-state index is -0.403. The highest BCUT2D eigenvalue weighted by Gasteiger charge is 2.25. The number of fused-ring (bicyclic) bond motifs is 2. The van der Waals surface area contributed by atoms with Gasteiger partial charge in [-0.25, -0.2) is 4.39 Å². The highest BCUT2D eigenvalue weighted by atomic mass is 35.5. The van der Waals surface area contributed by atoms with E-state index in [9.17, 15) is 0 Å². The number of methoxy groups -OCH3 is 1. The average Bonchev–Trinajstić information content (AvgIpc) is 3.18. The molecule has 2 heterocycles. The molecule has 0 unspecified atom stereocenters. The van der Waals surface area contributed by atoms with Gasteiger partial charge in [0, 0.05) is 42.7 Å². The number of rotatable bonds is 3. The van der Waals surface area contributed by atoms with Gasteiger partial charge in [-0.15, -0.1) is 0 Å². The van der Waals surface area contributed by atoms with Gasteiger partial charge in [-0.2, -0.15) is 4.37 Å². The molecule has 1 aromatic heterocycles. The van der Waals surface area contributed by atoms with E-state index in [0.717, 1.165) is 47.3 Å². The molecule has 0 amide bonds. The molecule has 4 aromatic rings. The third-order valence-electron chi connectivity index (χ3n) is 5.41. The predicted molar refractivity (Wildman–Crippen MR) is 119 cm³/mol. The Hall–Kier alpha value is -2.41. The standard InChI is InChI=1S/C22H19ClFN3OS/c1-28-17-7-6-13-4-2-3-5-14(13)18(17)19-16(23)12-15-21(20(19)24)26-29-22(15)27-10-8-25-9-11-27/h2-7,12,25H,8-11H2,1H3. The molecule has 0 atom stereocenters. The lowest BCUT2D eigenvalue weighted by molar-refractivity contribution is 0.416. The number of nitrogens with one attached hydrogen (secondary N) is 1. The zero-order valence-electron chi connectivity index (χ0n) is 15.8. The van der Waals surface area contributed by atoms with Crippen LogP contribution < -0.4 is 15.0 Å². The molecule has 0 bridgehead atoms. The van der Waals surface area contributed by atoms with Crippen molar-refractivity contribution in [2.45, 2.75) is 0 Å². The molecular weight excluding hydrogens is 409 g/mol. The van der Waals surface area contributed by atoms with Crippen molar-refractivity contribution in [3.8, 4) is 16.9 Å². The van der Waals surface area contributed by atoms with Gasteiger partial charge in [0.05, 0.1) is 12.1 Å². The van der Waals surface area contributed by atoms with Gasteiger partial charge in [-0.05, 0) is 34.4 Å². The molecule has 0 radical (unpaired) electrons. The van der Waals surface area contributed by atoms with Gasteiger partial charge in [0.15, 0.2) is 5.82 Å². The molecule has 0 aliphatic carbocycles. The lowest BCUT2D eigenvalue weighted by Gasteiger charge is -2.28. The molecule has 1 fully saturated rings. The van der Waals surface area contributed by atoms with Crippen LogP contribution in [0, 0.1) is 5.82 Å². The maximum absolute atomic E-state index is 15.8. The van der Waals surface area contributed by atoms with E-state index in [1.165, 1.54) is 11.5 Å². The first-order chi connectivity index (χ1) is 14.2. The van der Waals surface area contributed by atoms with Crippen LogP contribution in [0.5, 0.6) is 5.75 Å². The van der Waals surface area contributed by atoms with Crippen molar-refractivity contribution in [2.24, 2.45) is 0 Å². The van der Waals surface area contributed by atoms with Crippen molar-refractivity contribution in [2.75, 3.05) is 38.2 Å². The summed E-state index contributed by atoms with van der Waals surface area (Å²) in [7, 11) is 1.59. The lowest BCUT2D eigenvalue weighted by atomic mass is 9.95. The third-order valence-corrected chi connectivity index (χ3v) is 6.63. The van der Waals surface area contributed by atoms with Gasteiger partial charge in [0.25, 0.3) is 0 Å². The van der Waals surface area contributed by atoms with Gasteiger partial charge in [-0.1, -0.05) is 41.9 Å². The van der Waals surface area contributed by atoms with Crippen LogP contribution in [0.4, 0.5) is 9.39 Å². The number of halogens is 2. The predicted octanol–water partition coefficient (Wildman–Crippen LogP) is 5.33. The Bertz CT molecular complexity index is 1220. The molecule has 5 rings (SSSR count). The normalized spacial score (nSPS) is 14.7. The number of hydrogen-bond donors (Lipinski definition) is 1. The Morgan fingerprint density at radius 3 is 2.69 bits per heavy atom. The second-order valence-electron chi connectivity index (χ2n) is 7.03.